The number of hydrogen-bond acceptors (Lipinski definition) is 3. The minimum absolute atomic E-state index is 0.125. The molecule has 24 heavy (non-hydrogen) atoms. The maximum Gasteiger partial charge on any atom is 0.253 e. The van der Waals surface area contributed by atoms with E-state index in [1.165, 1.54) is 5.56 Å². The maximum absolute atomic E-state index is 12.8. The average Bonchev–Trinajstić information content (AvgIpc) is 3.01. The summed E-state index contributed by atoms with van der Waals surface area (Å²) in [5, 5.41) is 4.42. The number of likely N-dealkylation sites (tertiary alicyclic amines) is 1. The first-order chi connectivity index (χ1) is 11.5. The highest BCUT2D eigenvalue weighted by molar-refractivity contribution is 5.94. The lowest BCUT2D eigenvalue weighted by atomic mass is 10.0. The SMILES string of the molecule is Cc1cnn([C@@H]2CCCN(C(=O)c3ccc(CN(C)C)cc3)C2)c1. The van der Waals surface area contributed by atoms with Crippen molar-refractivity contribution in [2.75, 3.05) is 27.2 Å². The largest absolute Gasteiger partial charge is 0.337 e. The summed E-state index contributed by atoms with van der Waals surface area (Å²) in [6, 6.07) is 8.27. The van der Waals surface area contributed by atoms with E-state index in [2.05, 4.69) is 16.2 Å². The van der Waals surface area contributed by atoms with Crippen molar-refractivity contribution in [3.8, 4) is 0 Å². The summed E-state index contributed by atoms with van der Waals surface area (Å²) in [6.45, 7) is 4.50. The molecule has 0 spiro atoms. The Morgan fingerprint density at radius 1 is 1.29 bits per heavy atom. The molecule has 0 unspecified atom stereocenters. The number of piperidine rings is 1. The Labute approximate surface area is 143 Å². The van der Waals surface area contributed by atoms with Gasteiger partial charge in [0.1, 0.15) is 0 Å². The molecule has 2 aromatic rings. The van der Waals surface area contributed by atoms with E-state index >= 15 is 0 Å². The zero-order chi connectivity index (χ0) is 17.1. The van der Waals surface area contributed by atoms with Gasteiger partial charge in [-0.3, -0.25) is 9.48 Å². The quantitative estimate of drug-likeness (QED) is 0.867. The molecule has 0 N–H and O–H groups in total. The van der Waals surface area contributed by atoms with Crippen molar-refractivity contribution in [3.05, 3.63) is 53.3 Å². The number of aromatic nitrogens is 2. The smallest absolute Gasteiger partial charge is 0.253 e. The highest BCUT2D eigenvalue weighted by Crippen LogP contribution is 2.23. The van der Waals surface area contributed by atoms with Gasteiger partial charge in [0, 0.05) is 31.4 Å². The highest BCUT2D eigenvalue weighted by atomic mass is 16.2. The lowest BCUT2D eigenvalue weighted by Gasteiger charge is -2.33. The molecule has 1 aliphatic rings. The topological polar surface area (TPSA) is 41.4 Å². The number of rotatable bonds is 4. The van der Waals surface area contributed by atoms with Crippen LogP contribution in [0, 0.1) is 6.92 Å². The van der Waals surface area contributed by atoms with Crippen molar-refractivity contribution in [1.29, 1.82) is 0 Å². The van der Waals surface area contributed by atoms with Gasteiger partial charge in [-0.1, -0.05) is 12.1 Å². The van der Waals surface area contributed by atoms with Gasteiger partial charge >= 0.3 is 0 Å². The van der Waals surface area contributed by atoms with Crippen LogP contribution in [0.2, 0.25) is 0 Å². The molecule has 0 bridgehead atoms. The van der Waals surface area contributed by atoms with Gasteiger partial charge in [-0.2, -0.15) is 5.10 Å². The molecule has 1 aliphatic heterocycles. The van der Waals surface area contributed by atoms with E-state index in [1.807, 2.05) is 61.1 Å². The molecule has 128 valence electrons. The summed E-state index contributed by atoms with van der Waals surface area (Å²) in [5.41, 5.74) is 3.16. The van der Waals surface area contributed by atoms with E-state index in [4.69, 9.17) is 0 Å². The van der Waals surface area contributed by atoms with Crippen molar-refractivity contribution >= 4 is 5.91 Å². The zero-order valence-corrected chi connectivity index (χ0v) is 14.8. The van der Waals surface area contributed by atoms with Crippen LogP contribution in [-0.2, 0) is 6.54 Å². The molecule has 1 amide bonds. The van der Waals surface area contributed by atoms with Crippen LogP contribution in [0.1, 0.15) is 40.4 Å². The molecule has 1 fully saturated rings. The van der Waals surface area contributed by atoms with Crippen LogP contribution in [-0.4, -0.2) is 52.7 Å². The lowest BCUT2D eigenvalue weighted by Crippen LogP contribution is -2.40. The molecule has 1 aromatic carbocycles. The Balaban J connectivity index is 1.67. The zero-order valence-electron chi connectivity index (χ0n) is 14.8. The van der Waals surface area contributed by atoms with E-state index in [0.29, 0.717) is 0 Å². The number of hydrogen-bond donors (Lipinski definition) is 0. The van der Waals surface area contributed by atoms with Gasteiger partial charge in [0.05, 0.1) is 12.2 Å². The van der Waals surface area contributed by atoms with Crippen LogP contribution in [0.4, 0.5) is 0 Å². The van der Waals surface area contributed by atoms with E-state index < -0.39 is 0 Å². The van der Waals surface area contributed by atoms with Gasteiger partial charge in [0.2, 0.25) is 0 Å². The number of nitrogens with zero attached hydrogens (tertiary/aromatic N) is 4. The average molecular weight is 326 g/mol. The van der Waals surface area contributed by atoms with E-state index in [9.17, 15) is 4.79 Å². The Hall–Kier alpha value is -2.14. The highest BCUT2D eigenvalue weighted by Gasteiger charge is 2.25. The fourth-order valence-electron chi connectivity index (χ4n) is 3.29. The Kier molecular flexibility index (Phi) is 5.00. The second-order valence-electron chi connectivity index (χ2n) is 6.98. The third-order valence-electron chi connectivity index (χ3n) is 4.49. The molecule has 0 saturated carbocycles. The molecule has 5 heteroatoms. The molecule has 0 radical (unpaired) electrons. The predicted molar refractivity (Wildman–Crippen MR) is 95.0 cm³/mol. The fourth-order valence-corrected chi connectivity index (χ4v) is 3.29. The van der Waals surface area contributed by atoms with Crippen LogP contribution in [0.25, 0.3) is 0 Å². The molecular weight excluding hydrogens is 300 g/mol. The van der Waals surface area contributed by atoms with Gasteiger partial charge in [-0.25, -0.2) is 0 Å². The predicted octanol–water partition coefficient (Wildman–Crippen LogP) is 2.73. The van der Waals surface area contributed by atoms with Crippen LogP contribution in [0.5, 0.6) is 0 Å². The summed E-state index contributed by atoms with van der Waals surface area (Å²) in [7, 11) is 4.09. The Bertz CT molecular complexity index is 690. The van der Waals surface area contributed by atoms with Gasteiger partial charge in [0.15, 0.2) is 0 Å². The lowest BCUT2D eigenvalue weighted by molar-refractivity contribution is 0.0673. The minimum atomic E-state index is 0.125. The first-order valence-corrected chi connectivity index (χ1v) is 8.56. The molecule has 3 rings (SSSR count). The minimum Gasteiger partial charge on any atom is -0.337 e. The monoisotopic (exact) mass is 326 g/mol. The summed E-state index contributed by atoms with van der Waals surface area (Å²) in [4.78, 5) is 16.9. The molecule has 5 nitrogen and oxygen atoms in total. The number of carbonyl (C=O) groups is 1. The molecule has 0 aliphatic carbocycles. The Morgan fingerprint density at radius 2 is 2.04 bits per heavy atom. The summed E-state index contributed by atoms with van der Waals surface area (Å²) >= 11 is 0. The van der Waals surface area contributed by atoms with Crippen LogP contribution >= 0.6 is 0 Å². The fraction of sp³-hybridized carbons (Fsp3) is 0.474. The van der Waals surface area contributed by atoms with Gasteiger partial charge in [-0.05, 0) is 57.1 Å². The third kappa shape index (κ3) is 3.85. The number of carbonyl (C=O) groups excluding carboxylic acids is 1. The second-order valence-corrected chi connectivity index (χ2v) is 6.98. The standard InChI is InChI=1S/C19H26N4O/c1-15-11-20-23(12-15)18-5-4-10-22(14-18)19(24)17-8-6-16(7-9-17)13-21(2)3/h6-9,11-12,18H,4-5,10,13-14H2,1-3H3/t18-/m1/s1. The van der Waals surface area contributed by atoms with Crippen LogP contribution < -0.4 is 0 Å². The van der Waals surface area contributed by atoms with Crippen molar-refractivity contribution in [2.24, 2.45) is 0 Å². The normalized spacial score (nSPS) is 18.2. The van der Waals surface area contributed by atoms with Gasteiger partial charge < -0.3 is 9.80 Å². The Morgan fingerprint density at radius 3 is 2.67 bits per heavy atom. The van der Waals surface area contributed by atoms with E-state index in [1.54, 1.807) is 0 Å². The number of aryl methyl sites for hydroxylation is 1. The van der Waals surface area contributed by atoms with Crippen molar-refractivity contribution in [2.45, 2.75) is 32.4 Å². The van der Waals surface area contributed by atoms with Gasteiger partial charge in [-0.15, -0.1) is 0 Å². The van der Waals surface area contributed by atoms with E-state index in [0.717, 1.165) is 43.6 Å². The second kappa shape index (κ2) is 7.18. The van der Waals surface area contributed by atoms with Crippen LogP contribution in [0.15, 0.2) is 36.7 Å². The molecule has 1 aromatic heterocycles. The summed E-state index contributed by atoms with van der Waals surface area (Å²) < 4.78 is 2.01. The summed E-state index contributed by atoms with van der Waals surface area (Å²) in [5.74, 6) is 0.125. The number of amides is 1. The molecule has 1 saturated heterocycles. The van der Waals surface area contributed by atoms with Crippen molar-refractivity contribution in [3.63, 3.8) is 0 Å². The summed E-state index contributed by atoms with van der Waals surface area (Å²) in [6.07, 6.45) is 6.04. The molecule has 1 atom stereocenters. The van der Waals surface area contributed by atoms with Gasteiger partial charge in [0.25, 0.3) is 5.91 Å². The first kappa shape index (κ1) is 16.7. The molecule has 2 heterocycles. The van der Waals surface area contributed by atoms with Crippen molar-refractivity contribution < 1.29 is 4.79 Å². The van der Waals surface area contributed by atoms with E-state index in [-0.39, 0.29) is 11.9 Å². The maximum atomic E-state index is 12.8. The first-order valence-electron chi connectivity index (χ1n) is 8.56. The number of benzene rings is 1. The molecular formula is C19H26N4O. The van der Waals surface area contributed by atoms with Crippen molar-refractivity contribution in [1.82, 2.24) is 19.6 Å². The third-order valence-corrected chi connectivity index (χ3v) is 4.49. The van der Waals surface area contributed by atoms with Crippen LogP contribution in [0.3, 0.4) is 0 Å².